The molecule has 2 aromatic rings. The highest BCUT2D eigenvalue weighted by atomic mass is 16.4. The summed E-state index contributed by atoms with van der Waals surface area (Å²) in [6, 6.07) is 20.5. The standard InChI is InChI=1S/C20H25NO3/c22-16-8-15-21(14-7-13-19(23)24)20(17-9-3-1-4-10-17)18-11-5-2-6-12-18/h1-6,9-12,20,22H,7-8,13-16H2,(H,23,24). The number of rotatable bonds is 10. The number of carbonyl (C=O) groups is 1. The van der Waals surface area contributed by atoms with Crippen molar-refractivity contribution in [1.29, 1.82) is 0 Å². The number of carboxylic acids is 1. The Morgan fingerprint density at radius 1 is 0.875 bits per heavy atom. The van der Waals surface area contributed by atoms with Crippen LogP contribution >= 0.6 is 0 Å². The fraction of sp³-hybridized carbons (Fsp3) is 0.350. The van der Waals surface area contributed by atoms with Gasteiger partial charge in [-0.25, -0.2) is 0 Å². The quantitative estimate of drug-likeness (QED) is 0.703. The molecule has 0 bridgehead atoms. The van der Waals surface area contributed by atoms with Gasteiger partial charge in [0.15, 0.2) is 0 Å². The molecule has 4 heteroatoms. The first-order valence-corrected chi connectivity index (χ1v) is 8.39. The molecule has 0 aliphatic rings. The SMILES string of the molecule is O=C(O)CCCN(CCCO)C(c1ccccc1)c1ccccc1. The Hall–Kier alpha value is -2.17. The van der Waals surface area contributed by atoms with Gasteiger partial charge < -0.3 is 10.2 Å². The molecule has 0 amide bonds. The van der Waals surface area contributed by atoms with Gasteiger partial charge in [-0.1, -0.05) is 60.7 Å². The molecule has 0 radical (unpaired) electrons. The van der Waals surface area contributed by atoms with Gasteiger partial charge in [-0.15, -0.1) is 0 Å². The molecule has 0 unspecified atom stereocenters. The van der Waals surface area contributed by atoms with E-state index >= 15 is 0 Å². The number of aliphatic carboxylic acids is 1. The predicted octanol–water partition coefficient (Wildman–Crippen LogP) is 3.33. The minimum Gasteiger partial charge on any atom is -0.481 e. The molecule has 0 aromatic heterocycles. The third-order valence-corrected chi connectivity index (χ3v) is 4.04. The van der Waals surface area contributed by atoms with Crippen molar-refractivity contribution in [3.8, 4) is 0 Å². The lowest BCUT2D eigenvalue weighted by Gasteiger charge is -2.32. The van der Waals surface area contributed by atoms with E-state index in [4.69, 9.17) is 5.11 Å². The summed E-state index contributed by atoms with van der Waals surface area (Å²) in [5.74, 6) is -0.770. The van der Waals surface area contributed by atoms with Crippen LogP contribution in [0.4, 0.5) is 0 Å². The van der Waals surface area contributed by atoms with Crippen LogP contribution in [0, 0.1) is 0 Å². The molecule has 0 saturated heterocycles. The number of nitrogens with zero attached hydrogens (tertiary/aromatic N) is 1. The zero-order chi connectivity index (χ0) is 17.2. The summed E-state index contributed by atoms with van der Waals surface area (Å²) in [6.45, 7) is 1.54. The fourth-order valence-electron chi connectivity index (χ4n) is 2.96. The monoisotopic (exact) mass is 327 g/mol. The molecule has 0 aliphatic carbocycles. The molecule has 128 valence electrons. The second kappa shape index (κ2) is 9.85. The number of aliphatic hydroxyl groups excluding tert-OH is 1. The maximum absolute atomic E-state index is 10.8. The van der Waals surface area contributed by atoms with Gasteiger partial charge in [0.1, 0.15) is 0 Å². The normalized spacial score (nSPS) is 11.1. The van der Waals surface area contributed by atoms with Crippen LogP contribution in [0.2, 0.25) is 0 Å². The van der Waals surface area contributed by atoms with E-state index in [2.05, 4.69) is 29.2 Å². The highest BCUT2D eigenvalue weighted by Gasteiger charge is 2.21. The van der Waals surface area contributed by atoms with Crippen molar-refractivity contribution >= 4 is 5.97 Å². The summed E-state index contributed by atoms with van der Waals surface area (Å²) in [6.07, 6.45) is 1.42. The minimum absolute atomic E-state index is 0.0627. The Labute approximate surface area is 143 Å². The Bertz CT molecular complexity index is 561. The van der Waals surface area contributed by atoms with Crippen LogP contribution in [-0.2, 0) is 4.79 Å². The number of hydrogen-bond donors (Lipinski definition) is 2. The van der Waals surface area contributed by atoms with Crippen LogP contribution in [0.25, 0.3) is 0 Å². The van der Waals surface area contributed by atoms with Crippen LogP contribution in [0.5, 0.6) is 0 Å². The highest BCUT2D eigenvalue weighted by Crippen LogP contribution is 2.29. The lowest BCUT2D eigenvalue weighted by Crippen LogP contribution is -2.32. The van der Waals surface area contributed by atoms with Crippen molar-refractivity contribution in [1.82, 2.24) is 4.90 Å². The van der Waals surface area contributed by atoms with Gasteiger partial charge in [0.2, 0.25) is 0 Å². The minimum atomic E-state index is -0.770. The number of carboxylic acid groups (broad SMARTS) is 1. The molecule has 0 atom stereocenters. The Kier molecular flexibility index (Phi) is 7.46. The largest absolute Gasteiger partial charge is 0.481 e. The van der Waals surface area contributed by atoms with E-state index < -0.39 is 5.97 Å². The summed E-state index contributed by atoms with van der Waals surface area (Å²) in [4.78, 5) is 13.1. The molecule has 2 rings (SSSR count). The summed E-state index contributed by atoms with van der Waals surface area (Å²) in [5, 5.41) is 18.1. The summed E-state index contributed by atoms with van der Waals surface area (Å²) in [5.41, 5.74) is 2.36. The van der Waals surface area contributed by atoms with E-state index in [9.17, 15) is 9.90 Å². The summed E-state index contributed by atoms with van der Waals surface area (Å²) in [7, 11) is 0. The lowest BCUT2D eigenvalue weighted by molar-refractivity contribution is -0.137. The fourth-order valence-corrected chi connectivity index (χ4v) is 2.96. The predicted molar refractivity (Wildman–Crippen MR) is 94.9 cm³/mol. The number of benzene rings is 2. The molecule has 0 saturated carbocycles. The van der Waals surface area contributed by atoms with E-state index in [1.807, 2.05) is 36.4 Å². The van der Waals surface area contributed by atoms with Crippen molar-refractivity contribution in [3.63, 3.8) is 0 Å². The molecule has 4 nitrogen and oxygen atoms in total. The van der Waals surface area contributed by atoms with Gasteiger partial charge in [-0.3, -0.25) is 9.69 Å². The Morgan fingerprint density at radius 2 is 1.38 bits per heavy atom. The van der Waals surface area contributed by atoms with E-state index in [0.29, 0.717) is 19.4 Å². The second-order valence-electron chi connectivity index (χ2n) is 5.83. The molecule has 2 aromatic carbocycles. The molecule has 0 fully saturated rings. The first-order chi connectivity index (χ1) is 11.7. The molecular formula is C20H25NO3. The van der Waals surface area contributed by atoms with E-state index in [1.54, 1.807) is 0 Å². The zero-order valence-corrected chi connectivity index (χ0v) is 13.8. The van der Waals surface area contributed by atoms with Crippen LogP contribution < -0.4 is 0 Å². The van der Waals surface area contributed by atoms with E-state index in [-0.39, 0.29) is 19.1 Å². The van der Waals surface area contributed by atoms with Crippen LogP contribution in [0.3, 0.4) is 0 Å². The second-order valence-corrected chi connectivity index (χ2v) is 5.83. The molecular weight excluding hydrogens is 302 g/mol. The first kappa shape index (κ1) is 18.2. The molecule has 24 heavy (non-hydrogen) atoms. The first-order valence-electron chi connectivity index (χ1n) is 8.39. The molecule has 0 aliphatic heterocycles. The summed E-state index contributed by atoms with van der Waals surface area (Å²) >= 11 is 0. The van der Waals surface area contributed by atoms with Crippen molar-refractivity contribution in [2.24, 2.45) is 0 Å². The maximum Gasteiger partial charge on any atom is 0.303 e. The van der Waals surface area contributed by atoms with Gasteiger partial charge in [-0.05, 0) is 30.5 Å². The van der Waals surface area contributed by atoms with Crippen LogP contribution in [0.15, 0.2) is 60.7 Å². The van der Waals surface area contributed by atoms with Crippen molar-refractivity contribution in [3.05, 3.63) is 71.8 Å². The lowest BCUT2D eigenvalue weighted by atomic mass is 9.96. The maximum atomic E-state index is 10.8. The third-order valence-electron chi connectivity index (χ3n) is 4.04. The number of hydrogen-bond acceptors (Lipinski definition) is 3. The van der Waals surface area contributed by atoms with Gasteiger partial charge in [-0.2, -0.15) is 0 Å². The third kappa shape index (κ3) is 5.48. The van der Waals surface area contributed by atoms with Crippen molar-refractivity contribution < 1.29 is 15.0 Å². The number of aliphatic hydroxyl groups is 1. The van der Waals surface area contributed by atoms with Crippen LogP contribution in [-0.4, -0.2) is 40.8 Å². The van der Waals surface area contributed by atoms with Crippen molar-refractivity contribution in [2.75, 3.05) is 19.7 Å². The van der Waals surface area contributed by atoms with Crippen molar-refractivity contribution in [2.45, 2.75) is 25.3 Å². The zero-order valence-electron chi connectivity index (χ0n) is 13.8. The smallest absolute Gasteiger partial charge is 0.303 e. The molecule has 0 heterocycles. The molecule has 2 N–H and O–H groups in total. The average Bonchev–Trinajstić information content (AvgIpc) is 2.61. The Morgan fingerprint density at radius 3 is 1.83 bits per heavy atom. The van der Waals surface area contributed by atoms with Gasteiger partial charge >= 0.3 is 5.97 Å². The highest BCUT2D eigenvalue weighted by molar-refractivity contribution is 5.66. The van der Waals surface area contributed by atoms with Crippen LogP contribution in [0.1, 0.15) is 36.4 Å². The van der Waals surface area contributed by atoms with Gasteiger partial charge in [0, 0.05) is 19.6 Å². The average molecular weight is 327 g/mol. The van der Waals surface area contributed by atoms with Gasteiger partial charge in [0.25, 0.3) is 0 Å². The topological polar surface area (TPSA) is 60.8 Å². The van der Waals surface area contributed by atoms with Gasteiger partial charge in [0.05, 0.1) is 6.04 Å². The van der Waals surface area contributed by atoms with E-state index in [0.717, 1.165) is 6.54 Å². The Balaban J connectivity index is 2.27. The summed E-state index contributed by atoms with van der Waals surface area (Å²) < 4.78 is 0. The van der Waals surface area contributed by atoms with E-state index in [1.165, 1.54) is 11.1 Å². The molecule has 0 spiro atoms.